The number of hydrogen-bond acceptors (Lipinski definition) is 5. The van der Waals surface area contributed by atoms with Crippen molar-refractivity contribution in [2.75, 3.05) is 5.32 Å². The van der Waals surface area contributed by atoms with Crippen LogP contribution in [-0.4, -0.2) is 15.2 Å². The lowest BCUT2D eigenvalue weighted by Gasteiger charge is -2.20. The van der Waals surface area contributed by atoms with E-state index in [1.165, 1.54) is 22.3 Å². The molecule has 0 aliphatic heterocycles. The summed E-state index contributed by atoms with van der Waals surface area (Å²) in [5, 5.41) is 20.7. The monoisotopic (exact) mass is 419 g/mol. The molecule has 0 radical (unpaired) electrons. The van der Waals surface area contributed by atoms with Crippen LogP contribution in [0.1, 0.15) is 64.9 Å². The standard InChI is InChI=1S/C20H25N3O3S2/c1-20(2,25)15-10-27-19(28(21,22)26)16(15)18(24)23-17-13-7-3-5-11(13)9-12-6-4-8-14(12)17/h9-10,25H,3-8H2,1-2H3,(H,23,24)(H3,21,22,26). The molecule has 28 heavy (non-hydrogen) atoms. The molecule has 4 rings (SSSR count). The minimum absolute atomic E-state index is 0.00588. The number of rotatable bonds is 4. The number of fused-ring (bicyclic) bond motifs is 2. The smallest absolute Gasteiger partial charge is 0.258 e. The number of benzene rings is 1. The normalized spacial score (nSPS) is 17.9. The van der Waals surface area contributed by atoms with Crippen LogP contribution in [0.15, 0.2) is 15.7 Å². The van der Waals surface area contributed by atoms with Crippen molar-refractivity contribution in [2.24, 2.45) is 5.14 Å². The number of aliphatic hydroxyl groups is 1. The molecule has 1 aromatic carbocycles. The molecule has 0 spiro atoms. The van der Waals surface area contributed by atoms with Gasteiger partial charge in [-0.2, -0.15) is 0 Å². The van der Waals surface area contributed by atoms with Crippen LogP contribution >= 0.6 is 11.3 Å². The largest absolute Gasteiger partial charge is 0.386 e. The third kappa shape index (κ3) is 3.28. The van der Waals surface area contributed by atoms with Gasteiger partial charge in [0, 0.05) is 11.3 Å². The van der Waals surface area contributed by atoms with Crippen molar-refractivity contribution in [3.63, 3.8) is 0 Å². The van der Waals surface area contributed by atoms with E-state index in [2.05, 4.69) is 11.4 Å². The van der Waals surface area contributed by atoms with Gasteiger partial charge in [0.2, 0.25) is 0 Å². The Labute approximate surface area is 169 Å². The zero-order valence-electron chi connectivity index (χ0n) is 16.1. The average Bonchev–Trinajstić information content (AvgIpc) is 3.31. The zero-order valence-corrected chi connectivity index (χ0v) is 17.7. The number of anilines is 1. The molecule has 0 saturated heterocycles. The molecule has 1 unspecified atom stereocenters. The average molecular weight is 420 g/mol. The van der Waals surface area contributed by atoms with E-state index in [0.29, 0.717) is 5.56 Å². The predicted molar refractivity (Wildman–Crippen MR) is 111 cm³/mol. The maximum atomic E-state index is 13.3. The molecule has 0 bridgehead atoms. The lowest BCUT2D eigenvalue weighted by atomic mass is 9.96. The summed E-state index contributed by atoms with van der Waals surface area (Å²) >= 11 is 0.991. The van der Waals surface area contributed by atoms with Crippen LogP contribution in [0.3, 0.4) is 0 Å². The zero-order chi connectivity index (χ0) is 20.3. The van der Waals surface area contributed by atoms with Crippen molar-refractivity contribution < 1.29 is 14.1 Å². The molecule has 1 aromatic heterocycles. The van der Waals surface area contributed by atoms with Crippen molar-refractivity contribution in [3.8, 4) is 0 Å². The second-order valence-corrected chi connectivity index (χ2v) is 10.9. The Morgan fingerprint density at radius 3 is 2.29 bits per heavy atom. The number of aryl methyl sites for hydroxylation is 2. The van der Waals surface area contributed by atoms with E-state index in [0.717, 1.165) is 55.5 Å². The van der Waals surface area contributed by atoms with Gasteiger partial charge in [-0.15, -0.1) is 11.3 Å². The molecule has 1 atom stereocenters. The molecular formula is C20H25N3O3S2. The second kappa shape index (κ2) is 6.66. The van der Waals surface area contributed by atoms with Crippen LogP contribution < -0.4 is 10.5 Å². The predicted octanol–water partition coefficient (Wildman–Crippen LogP) is 3.48. The van der Waals surface area contributed by atoms with E-state index in [9.17, 15) is 14.1 Å². The Kier molecular flexibility index (Phi) is 4.65. The van der Waals surface area contributed by atoms with Gasteiger partial charge in [-0.05, 0) is 80.0 Å². The highest BCUT2D eigenvalue weighted by molar-refractivity contribution is 7.92. The second-order valence-electron chi connectivity index (χ2n) is 8.16. The van der Waals surface area contributed by atoms with Crippen molar-refractivity contribution in [2.45, 2.75) is 62.2 Å². The summed E-state index contributed by atoms with van der Waals surface area (Å²) in [4.78, 5) is 13.3. The van der Waals surface area contributed by atoms with Gasteiger partial charge in [0.15, 0.2) is 0 Å². The molecule has 1 heterocycles. The molecule has 150 valence electrons. The summed E-state index contributed by atoms with van der Waals surface area (Å²) in [5.74, 6) is -0.451. The van der Waals surface area contributed by atoms with E-state index in [1.54, 1.807) is 19.2 Å². The Hall–Kier alpha value is -1.74. The highest BCUT2D eigenvalue weighted by Crippen LogP contribution is 2.40. The molecule has 6 nitrogen and oxygen atoms in total. The quantitative estimate of drug-likeness (QED) is 0.608. The molecule has 2 aliphatic rings. The minimum Gasteiger partial charge on any atom is -0.386 e. The fourth-order valence-electron chi connectivity index (χ4n) is 4.37. The molecular weight excluding hydrogens is 394 g/mol. The number of nitrogens with one attached hydrogen (secondary N) is 2. The van der Waals surface area contributed by atoms with Crippen LogP contribution in [0.5, 0.6) is 0 Å². The topological polar surface area (TPSA) is 116 Å². The number of hydrogen-bond donors (Lipinski definition) is 4. The van der Waals surface area contributed by atoms with E-state index in [-0.39, 0.29) is 9.77 Å². The van der Waals surface area contributed by atoms with Crippen LogP contribution in [-0.2, 0) is 41.2 Å². The number of carbonyl (C=O) groups is 1. The fraction of sp³-hybridized carbons (Fsp3) is 0.450. The molecule has 5 N–H and O–H groups in total. The van der Waals surface area contributed by atoms with Gasteiger partial charge in [-0.1, -0.05) is 6.07 Å². The van der Waals surface area contributed by atoms with E-state index in [1.807, 2.05) is 0 Å². The van der Waals surface area contributed by atoms with Crippen molar-refractivity contribution in [1.82, 2.24) is 0 Å². The highest BCUT2D eigenvalue weighted by Gasteiger charge is 2.32. The summed E-state index contributed by atoms with van der Waals surface area (Å²) in [6.07, 6.45) is 6.05. The fourth-order valence-corrected chi connectivity index (χ4v) is 6.55. The van der Waals surface area contributed by atoms with Crippen molar-refractivity contribution in [1.29, 1.82) is 4.78 Å². The minimum atomic E-state index is -3.59. The lowest BCUT2D eigenvalue weighted by Crippen LogP contribution is -2.25. The summed E-state index contributed by atoms with van der Waals surface area (Å²) in [6.45, 7) is 3.13. The van der Waals surface area contributed by atoms with Gasteiger partial charge in [0.25, 0.3) is 5.91 Å². The first-order valence-electron chi connectivity index (χ1n) is 9.46. The van der Waals surface area contributed by atoms with Gasteiger partial charge in [0.1, 0.15) is 14.1 Å². The van der Waals surface area contributed by atoms with Crippen LogP contribution in [0, 0.1) is 4.78 Å². The summed E-state index contributed by atoms with van der Waals surface area (Å²) in [5.41, 5.74) is 4.96. The number of carbonyl (C=O) groups excluding carboxylic acids is 1. The van der Waals surface area contributed by atoms with Gasteiger partial charge in [0.05, 0.1) is 11.2 Å². The van der Waals surface area contributed by atoms with Crippen molar-refractivity contribution in [3.05, 3.63) is 44.8 Å². The number of thiophene rings is 1. The van der Waals surface area contributed by atoms with Gasteiger partial charge in [-0.3, -0.25) is 4.79 Å². The Morgan fingerprint density at radius 1 is 1.21 bits per heavy atom. The number of amides is 1. The van der Waals surface area contributed by atoms with Crippen LogP contribution in [0.25, 0.3) is 0 Å². The van der Waals surface area contributed by atoms with Gasteiger partial charge in [-0.25, -0.2) is 14.1 Å². The van der Waals surface area contributed by atoms with Crippen molar-refractivity contribution >= 4 is 32.8 Å². The maximum absolute atomic E-state index is 13.3. The first-order chi connectivity index (χ1) is 13.1. The third-order valence-corrected chi connectivity index (χ3v) is 8.19. The molecule has 0 saturated carbocycles. The van der Waals surface area contributed by atoms with Crippen LogP contribution in [0.2, 0.25) is 0 Å². The van der Waals surface area contributed by atoms with Gasteiger partial charge >= 0.3 is 0 Å². The first kappa shape index (κ1) is 19.6. The summed E-state index contributed by atoms with van der Waals surface area (Å²) in [7, 11) is -3.59. The molecule has 0 fully saturated rings. The Balaban J connectivity index is 1.82. The molecule has 8 heteroatoms. The molecule has 2 aliphatic carbocycles. The highest BCUT2D eigenvalue weighted by atomic mass is 32.2. The Morgan fingerprint density at radius 2 is 1.79 bits per heavy atom. The third-order valence-electron chi connectivity index (χ3n) is 5.63. The summed E-state index contributed by atoms with van der Waals surface area (Å²) in [6, 6.07) is 2.29. The van der Waals surface area contributed by atoms with Gasteiger partial charge < -0.3 is 10.4 Å². The van der Waals surface area contributed by atoms with E-state index >= 15 is 0 Å². The molecule has 1 amide bonds. The first-order valence-corrected chi connectivity index (χ1v) is 12.0. The lowest BCUT2D eigenvalue weighted by molar-refractivity contribution is 0.0761. The number of nitrogens with two attached hydrogens (primary N) is 1. The van der Waals surface area contributed by atoms with E-state index < -0.39 is 21.4 Å². The molecule has 2 aromatic rings. The van der Waals surface area contributed by atoms with Crippen LogP contribution in [0.4, 0.5) is 5.69 Å². The van der Waals surface area contributed by atoms with E-state index in [4.69, 9.17) is 9.92 Å². The SMILES string of the molecule is CC(C)(O)c1csc(S(=N)(N)=O)c1C(=O)Nc1c2c(cc3c1CCC3)CCC2. The summed E-state index contributed by atoms with van der Waals surface area (Å²) < 4.78 is 20.1. The Bertz CT molecular complexity index is 1050. The maximum Gasteiger partial charge on any atom is 0.258 e.